The minimum Gasteiger partial charge on any atom is -0.385 e. The van der Waals surface area contributed by atoms with Gasteiger partial charge in [0.2, 0.25) is 10.0 Å². The van der Waals surface area contributed by atoms with Crippen molar-refractivity contribution in [2.24, 2.45) is 0 Å². The van der Waals surface area contributed by atoms with Crippen LogP contribution in [0.1, 0.15) is 46.3 Å². The zero-order chi connectivity index (χ0) is 21.4. The van der Waals surface area contributed by atoms with Gasteiger partial charge in [-0.25, -0.2) is 12.8 Å². The molecule has 2 N–H and O–H groups in total. The van der Waals surface area contributed by atoms with Crippen LogP contribution in [0.2, 0.25) is 0 Å². The first-order valence-corrected chi connectivity index (χ1v) is 10.1. The maximum atomic E-state index is 14.7. The molecule has 2 aliphatic rings. The molecule has 3 atom stereocenters. The largest absolute Gasteiger partial charge is 0.433 e. The first-order valence-electron chi connectivity index (χ1n) is 8.68. The Morgan fingerprint density at radius 1 is 1.10 bits per heavy atom. The number of nitrogens with zero attached hydrogens (tertiary/aromatic N) is 3. The molecule has 0 saturated heterocycles. The van der Waals surface area contributed by atoms with E-state index in [2.05, 4.69) is 15.2 Å². The molecule has 3 aromatic rings. The van der Waals surface area contributed by atoms with E-state index in [4.69, 9.17) is 0 Å². The Hall–Kier alpha value is -2.83. The number of nitrogens with one attached hydrogen (secondary N) is 1. The van der Waals surface area contributed by atoms with Gasteiger partial charge in [-0.05, 0) is 23.8 Å². The number of aromatic nitrogens is 3. The van der Waals surface area contributed by atoms with Crippen molar-refractivity contribution in [3.8, 4) is 0 Å². The molecule has 5 rings (SSSR count). The van der Waals surface area contributed by atoms with Crippen LogP contribution in [0.4, 0.5) is 17.6 Å². The van der Waals surface area contributed by atoms with E-state index in [1.54, 1.807) is 6.07 Å². The number of aromatic amines is 1. The lowest BCUT2D eigenvalue weighted by molar-refractivity contribution is -0.141. The van der Waals surface area contributed by atoms with Gasteiger partial charge in [0, 0.05) is 17.3 Å². The van der Waals surface area contributed by atoms with E-state index in [9.17, 15) is 31.1 Å². The van der Waals surface area contributed by atoms with Crippen molar-refractivity contribution in [1.29, 1.82) is 0 Å². The average molecular weight is 440 g/mol. The predicted octanol–water partition coefficient (Wildman–Crippen LogP) is 2.84. The van der Waals surface area contributed by atoms with Gasteiger partial charge in [0.25, 0.3) is 0 Å². The first kappa shape index (κ1) is 19.2. The standard InChI is InChI=1S/C18H12F4N4O3S/c19-11-3-1-2-9-13(11)16-17(27)14-10(7-24-25-14)15(9)26(16)30(28,29)8-4-5-12(23-6-8)18(20,21)22/h1-7,15-17,27H,(H,24,25)/t15-,16?,17+/m1/s1. The molecular formula is C18H12F4N4O3S. The number of hydrogen-bond donors (Lipinski definition) is 2. The van der Waals surface area contributed by atoms with Crippen LogP contribution < -0.4 is 0 Å². The summed E-state index contributed by atoms with van der Waals surface area (Å²) in [5, 5.41) is 17.3. The van der Waals surface area contributed by atoms with Gasteiger partial charge in [-0.15, -0.1) is 0 Å². The van der Waals surface area contributed by atoms with Crippen molar-refractivity contribution in [3.05, 3.63) is 76.6 Å². The quantitative estimate of drug-likeness (QED) is 0.597. The summed E-state index contributed by atoms with van der Waals surface area (Å²) >= 11 is 0. The summed E-state index contributed by atoms with van der Waals surface area (Å²) in [5.74, 6) is -0.692. The molecule has 30 heavy (non-hydrogen) atoms. The Labute approximate surface area is 167 Å². The molecule has 1 aromatic carbocycles. The number of H-pyrrole nitrogens is 1. The molecule has 1 unspecified atom stereocenters. The Morgan fingerprint density at radius 3 is 2.53 bits per heavy atom. The number of halogens is 4. The highest BCUT2D eigenvalue weighted by Crippen LogP contribution is 2.58. The number of pyridine rings is 1. The normalized spacial score (nSPS) is 23.3. The van der Waals surface area contributed by atoms with Gasteiger partial charge in [-0.3, -0.25) is 10.1 Å². The molecule has 7 nitrogen and oxygen atoms in total. The van der Waals surface area contributed by atoms with Gasteiger partial charge in [0.15, 0.2) is 0 Å². The van der Waals surface area contributed by atoms with Crippen LogP contribution in [0.5, 0.6) is 0 Å². The molecule has 2 aromatic heterocycles. The van der Waals surface area contributed by atoms with E-state index in [0.29, 0.717) is 23.4 Å². The van der Waals surface area contributed by atoms with Crippen LogP contribution in [0, 0.1) is 5.82 Å². The van der Waals surface area contributed by atoms with Crippen molar-refractivity contribution < 1.29 is 31.1 Å². The van der Waals surface area contributed by atoms with Crippen molar-refractivity contribution in [1.82, 2.24) is 19.5 Å². The van der Waals surface area contributed by atoms with Crippen LogP contribution in [0.3, 0.4) is 0 Å². The van der Waals surface area contributed by atoms with Crippen LogP contribution in [-0.4, -0.2) is 33.0 Å². The van der Waals surface area contributed by atoms with Crippen molar-refractivity contribution in [3.63, 3.8) is 0 Å². The maximum absolute atomic E-state index is 14.7. The van der Waals surface area contributed by atoms with Gasteiger partial charge in [-0.2, -0.15) is 22.6 Å². The highest BCUT2D eigenvalue weighted by molar-refractivity contribution is 7.89. The van der Waals surface area contributed by atoms with Gasteiger partial charge >= 0.3 is 6.18 Å². The third-order valence-electron chi connectivity index (χ3n) is 5.40. The Morgan fingerprint density at radius 2 is 1.87 bits per heavy atom. The lowest BCUT2D eigenvalue weighted by atomic mass is 9.98. The number of aliphatic hydroxyl groups is 1. The molecule has 0 aliphatic carbocycles. The number of fused-ring (bicyclic) bond motifs is 7. The summed E-state index contributed by atoms with van der Waals surface area (Å²) in [5.41, 5.74) is -0.288. The topological polar surface area (TPSA) is 99.2 Å². The van der Waals surface area contributed by atoms with Gasteiger partial charge in [0.1, 0.15) is 22.5 Å². The smallest absolute Gasteiger partial charge is 0.385 e. The number of hydrogen-bond acceptors (Lipinski definition) is 5. The fourth-order valence-electron chi connectivity index (χ4n) is 4.16. The second-order valence-electron chi connectivity index (χ2n) is 6.99. The predicted molar refractivity (Wildman–Crippen MR) is 92.8 cm³/mol. The van der Waals surface area contributed by atoms with Crippen molar-refractivity contribution in [2.45, 2.75) is 29.3 Å². The fraction of sp³-hybridized carbons (Fsp3) is 0.222. The minimum atomic E-state index is -4.73. The molecule has 2 aliphatic heterocycles. The van der Waals surface area contributed by atoms with Crippen molar-refractivity contribution >= 4 is 10.0 Å². The molecule has 0 spiro atoms. The number of benzene rings is 1. The van der Waals surface area contributed by atoms with Crippen LogP contribution in [0.15, 0.2) is 47.6 Å². The maximum Gasteiger partial charge on any atom is 0.433 e. The Kier molecular flexibility index (Phi) is 3.89. The summed E-state index contributed by atoms with van der Waals surface area (Å²) in [6.07, 6.45) is -4.23. The summed E-state index contributed by atoms with van der Waals surface area (Å²) in [6, 6.07) is 3.17. The Bertz CT molecular complexity index is 1260. The monoisotopic (exact) mass is 440 g/mol. The van der Waals surface area contributed by atoms with Crippen LogP contribution >= 0.6 is 0 Å². The number of sulfonamides is 1. The molecule has 12 heteroatoms. The number of aliphatic hydroxyl groups excluding tert-OH is 1. The van der Waals surface area contributed by atoms with Gasteiger partial charge < -0.3 is 5.11 Å². The van der Waals surface area contributed by atoms with E-state index < -0.39 is 50.8 Å². The van der Waals surface area contributed by atoms with Crippen LogP contribution in [0.25, 0.3) is 0 Å². The minimum absolute atomic E-state index is 0.0167. The Balaban J connectivity index is 1.69. The van der Waals surface area contributed by atoms with Crippen molar-refractivity contribution in [2.75, 3.05) is 0 Å². The second kappa shape index (κ2) is 6.09. The van der Waals surface area contributed by atoms with E-state index in [1.807, 2.05) is 0 Å². The lowest BCUT2D eigenvalue weighted by Gasteiger charge is -2.36. The molecule has 0 saturated carbocycles. The molecule has 0 amide bonds. The zero-order valence-corrected chi connectivity index (χ0v) is 15.6. The third-order valence-corrected chi connectivity index (χ3v) is 7.23. The number of alkyl halides is 3. The second-order valence-corrected chi connectivity index (χ2v) is 8.83. The summed E-state index contributed by atoms with van der Waals surface area (Å²) in [6.45, 7) is 0. The SMILES string of the molecule is O=S(=O)(c1ccc(C(F)(F)F)nc1)N1C2c3c(F)cccc3[C@@H]1c1cn[nH]c1[C@@H]2O. The first-order chi connectivity index (χ1) is 14.1. The summed E-state index contributed by atoms with van der Waals surface area (Å²) in [7, 11) is -4.46. The summed E-state index contributed by atoms with van der Waals surface area (Å²) < 4.78 is 80.8. The van der Waals surface area contributed by atoms with E-state index in [-0.39, 0.29) is 11.3 Å². The molecule has 0 radical (unpaired) electrons. The molecule has 0 fully saturated rings. The van der Waals surface area contributed by atoms with E-state index >= 15 is 0 Å². The van der Waals surface area contributed by atoms with Gasteiger partial charge in [-0.1, -0.05) is 12.1 Å². The average Bonchev–Trinajstić information content (AvgIpc) is 3.28. The number of rotatable bonds is 2. The van der Waals surface area contributed by atoms with E-state index in [0.717, 1.165) is 16.4 Å². The molecule has 4 heterocycles. The zero-order valence-electron chi connectivity index (χ0n) is 14.8. The molecular weight excluding hydrogens is 428 g/mol. The molecule has 2 bridgehead atoms. The lowest BCUT2D eigenvalue weighted by Crippen LogP contribution is -2.40. The van der Waals surface area contributed by atoms with Crippen LogP contribution in [-0.2, 0) is 16.2 Å². The third kappa shape index (κ3) is 2.47. The van der Waals surface area contributed by atoms with E-state index in [1.165, 1.54) is 12.3 Å². The summed E-state index contributed by atoms with van der Waals surface area (Å²) in [4.78, 5) is 2.71. The fourth-order valence-corrected chi connectivity index (χ4v) is 5.85. The highest BCUT2D eigenvalue weighted by atomic mass is 32.2. The molecule has 156 valence electrons. The van der Waals surface area contributed by atoms with Gasteiger partial charge in [0.05, 0.1) is 24.0 Å². The highest BCUT2D eigenvalue weighted by Gasteiger charge is 2.56.